The van der Waals surface area contributed by atoms with E-state index in [0.29, 0.717) is 19.6 Å². The second-order valence-electron chi connectivity index (χ2n) is 9.89. The highest BCUT2D eigenvalue weighted by molar-refractivity contribution is 7.87. The number of benzene rings is 1. The van der Waals surface area contributed by atoms with Crippen LogP contribution in [0.4, 0.5) is 0 Å². The molecule has 0 spiro atoms. The standard InChI is InChI=1S/C29H51O7PS/c1-3-4-5-6-7-8-9-10-11-12-13-14-15-16-17-18-24-34-25-19-26-35-37(30,31)27-36-38(32,33)29-22-20-28(2)21-23-29/h10-11,20-23H,3-9,12-19,24-27H2,1-2H3,(H,30,31)/b11-10-. The number of ether oxygens (including phenoxy) is 1. The van der Waals surface area contributed by atoms with Gasteiger partial charge in [0.25, 0.3) is 10.1 Å². The Morgan fingerprint density at radius 3 is 1.89 bits per heavy atom. The van der Waals surface area contributed by atoms with Crippen LogP contribution in [0.2, 0.25) is 0 Å². The Balaban J connectivity index is 1.91. The molecule has 1 aromatic rings. The fourth-order valence-corrected chi connectivity index (χ4v) is 6.05. The van der Waals surface area contributed by atoms with Crippen molar-refractivity contribution in [3.63, 3.8) is 0 Å². The maximum Gasteiger partial charge on any atom is 0.355 e. The molecule has 9 heteroatoms. The van der Waals surface area contributed by atoms with Crippen molar-refractivity contribution in [2.75, 3.05) is 26.2 Å². The van der Waals surface area contributed by atoms with Gasteiger partial charge in [0.15, 0.2) is 6.35 Å². The molecule has 0 heterocycles. The zero-order valence-electron chi connectivity index (χ0n) is 23.7. The van der Waals surface area contributed by atoms with Crippen molar-refractivity contribution in [1.82, 2.24) is 0 Å². The molecule has 1 unspecified atom stereocenters. The molecule has 0 bridgehead atoms. The molecule has 0 saturated heterocycles. The molecule has 220 valence electrons. The van der Waals surface area contributed by atoms with Crippen LogP contribution in [0.15, 0.2) is 41.3 Å². The minimum absolute atomic E-state index is 0.00484. The van der Waals surface area contributed by atoms with Gasteiger partial charge in [-0.3, -0.25) is 8.75 Å². The van der Waals surface area contributed by atoms with Crippen molar-refractivity contribution in [3.8, 4) is 0 Å². The Morgan fingerprint density at radius 1 is 0.763 bits per heavy atom. The quantitative estimate of drug-likeness (QED) is 0.0542. The molecule has 1 aromatic carbocycles. The summed E-state index contributed by atoms with van der Waals surface area (Å²) >= 11 is 0. The van der Waals surface area contributed by atoms with E-state index in [0.717, 1.165) is 18.4 Å². The molecule has 0 aliphatic carbocycles. The maximum atomic E-state index is 12.1. The summed E-state index contributed by atoms with van der Waals surface area (Å²) in [5.41, 5.74) is 0.898. The SMILES string of the molecule is CCCCCCCC/C=C\CCCCCCCCOCCCOP(=O)(O)COS(=O)(=O)c1ccc(C)cc1. The van der Waals surface area contributed by atoms with Crippen LogP contribution in [0.3, 0.4) is 0 Å². The Morgan fingerprint density at radius 2 is 1.29 bits per heavy atom. The minimum atomic E-state index is -4.18. The lowest BCUT2D eigenvalue weighted by molar-refractivity contribution is 0.112. The lowest BCUT2D eigenvalue weighted by Gasteiger charge is -2.13. The second kappa shape index (κ2) is 21.8. The summed E-state index contributed by atoms with van der Waals surface area (Å²) in [5, 5.41) is 0. The van der Waals surface area contributed by atoms with E-state index >= 15 is 0 Å². The van der Waals surface area contributed by atoms with E-state index in [1.54, 1.807) is 12.1 Å². The monoisotopic (exact) mass is 574 g/mol. The Bertz CT molecular complexity index is 885. The van der Waals surface area contributed by atoms with Crippen LogP contribution < -0.4 is 0 Å². The van der Waals surface area contributed by atoms with Crippen molar-refractivity contribution >= 4 is 17.7 Å². The smallest absolute Gasteiger partial charge is 0.355 e. The molecular formula is C29H51O7PS. The molecule has 0 aliphatic heterocycles. The fourth-order valence-electron chi connectivity index (χ4n) is 3.87. The Hall–Kier alpha value is -1.02. The minimum Gasteiger partial charge on any atom is -0.381 e. The van der Waals surface area contributed by atoms with Crippen LogP contribution in [0.1, 0.15) is 109 Å². The number of aryl methyl sites for hydroxylation is 1. The average molecular weight is 575 g/mol. The Labute approximate surface area is 232 Å². The van der Waals surface area contributed by atoms with Crippen molar-refractivity contribution in [1.29, 1.82) is 0 Å². The van der Waals surface area contributed by atoms with Gasteiger partial charge < -0.3 is 14.2 Å². The van der Waals surface area contributed by atoms with Crippen LogP contribution in [-0.2, 0) is 28.1 Å². The first-order valence-corrected chi connectivity index (χ1v) is 17.6. The summed E-state index contributed by atoms with van der Waals surface area (Å²) in [6, 6.07) is 6.04. The van der Waals surface area contributed by atoms with Gasteiger partial charge in [0, 0.05) is 13.2 Å². The van der Waals surface area contributed by atoms with Gasteiger partial charge in [-0.1, -0.05) is 94.6 Å². The van der Waals surface area contributed by atoms with Gasteiger partial charge in [-0.05, 0) is 57.6 Å². The van der Waals surface area contributed by atoms with Crippen LogP contribution in [0.25, 0.3) is 0 Å². The third-order valence-corrected chi connectivity index (χ3v) is 8.70. The number of hydrogen-bond acceptors (Lipinski definition) is 6. The first-order chi connectivity index (χ1) is 18.3. The number of rotatable bonds is 25. The molecule has 0 saturated carbocycles. The average Bonchev–Trinajstić information content (AvgIpc) is 2.89. The molecule has 1 atom stereocenters. The first kappa shape index (κ1) is 35.0. The van der Waals surface area contributed by atoms with Gasteiger partial charge in [-0.2, -0.15) is 8.42 Å². The molecule has 0 amide bonds. The maximum absolute atomic E-state index is 12.1. The largest absolute Gasteiger partial charge is 0.381 e. The van der Waals surface area contributed by atoms with E-state index in [9.17, 15) is 17.9 Å². The van der Waals surface area contributed by atoms with Gasteiger partial charge in [0.05, 0.1) is 11.5 Å². The highest BCUT2D eigenvalue weighted by atomic mass is 32.2. The summed E-state index contributed by atoms with van der Waals surface area (Å²) in [5.74, 6) is 0. The van der Waals surface area contributed by atoms with Gasteiger partial charge in [-0.15, -0.1) is 0 Å². The molecule has 1 rings (SSSR count). The van der Waals surface area contributed by atoms with E-state index in [-0.39, 0.29) is 11.5 Å². The summed E-state index contributed by atoms with van der Waals surface area (Å²) in [4.78, 5) is 9.76. The summed E-state index contributed by atoms with van der Waals surface area (Å²) in [6.45, 7) is 5.17. The summed E-state index contributed by atoms with van der Waals surface area (Å²) in [6.07, 6.45) is 22.0. The third-order valence-electron chi connectivity index (χ3n) is 6.21. The number of allylic oxidation sites excluding steroid dienone is 2. The fraction of sp³-hybridized carbons (Fsp3) is 0.724. The van der Waals surface area contributed by atoms with Crippen molar-refractivity contribution in [2.45, 2.75) is 115 Å². The van der Waals surface area contributed by atoms with E-state index in [1.807, 2.05) is 6.92 Å². The zero-order valence-corrected chi connectivity index (χ0v) is 25.4. The molecule has 0 radical (unpaired) electrons. The predicted octanol–water partition coefficient (Wildman–Crippen LogP) is 8.30. The van der Waals surface area contributed by atoms with Crippen LogP contribution in [-0.4, -0.2) is 39.5 Å². The number of unbranched alkanes of at least 4 members (excludes halogenated alkanes) is 12. The van der Waals surface area contributed by atoms with Gasteiger partial charge in [0.2, 0.25) is 0 Å². The lowest BCUT2D eigenvalue weighted by Crippen LogP contribution is -2.10. The van der Waals surface area contributed by atoms with Gasteiger partial charge in [0.1, 0.15) is 0 Å². The molecule has 0 aliphatic rings. The van der Waals surface area contributed by atoms with Crippen molar-refractivity contribution in [2.24, 2.45) is 0 Å². The topological polar surface area (TPSA) is 99.1 Å². The van der Waals surface area contributed by atoms with E-state index in [4.69, 9.17) is 13.4 Å². The van der Waals surface area contributed by atoms with Gasteiger partial charge >= 0.3 is 7.60 Å². The highest BCUT2D eigenvalue weighted by Crippen LogP contribution is 2.42. The van der Waals surface area contributed by atoms with Crippen molar-refractivity contribution < 1.29 is 31.3 Å². The zero-order chi connectivity index (χ0) is 28.0. The first-order valence-electron chi connectivity index (χ1n) is 14.4. The second-order valence-corrected chi connectivity index (χ2v) is 13.3. The lowest BCUT2D eigenvalue weighted by atomic mass is 10.1. The van der Waals surface area contributed by atoms with Crippen LogP contribution in [0, 0.1) is 6.92 Å². The number of hydrogen-bond donors (Lipinski definition) is 1. The van der Waals surface area contributed by atoms with Crippen LogP contribution >= 0.6 is 7.60 Å². The molecule has 0 fully saturated rings. The van der Waals surface area contributed by atoms with E-state index in [1.165, 1.54) is 89.2 Å². The predicted molar refractivity (Wildman–Crippen MR) is 155 cm³/mol. The van der Waals surface area contributed by atoms with Crippen molar-refractivity contribution in [3.05, 3.63) is 42.0 Å². The van der Waals surface area contributed by atoms with E-state index < -0.39 is 24.1 Å². The molecule has 1 N–H and O–H groups in total. The molecule has 38 heavy (non-hydrogen) atoms. The molecular weight excluding hydrogens is 523 g/mol. The molecule has 7 nitrogen and oxygen atoms in total. The van der Waals surface area contributed by atoms with E-state index in [2.05, 4.69) is 19.1 Å². The molecule has 0 aromatic heterocycles. The van der Waals surface area contributed by atoms with Gasteiger partial charge in [-0.25, -0.2) is 0 Å². The highest BCUT2D eigenvalue weighted by Gasteiger charge is 2.25. The van der Waals surface area contributed by atoms with Crippen LogP contribution in [0.5, 0.6) is 0 Å². The summed E-state index contributed by atoms with van der Waals surface area (Å²) < 4.78 is 51.5. The Kier molecular flexibility index (Phi) is 20.0. The normalized spacial score (nSPS) is 13.8. The third kappa shape index (κ3) is 19.1. The summed E-state index contributed by atoms with van der Waals surface area (Å²) in [7, 11) is -8.29.